The van der Waals surface area contributed by atoms with Crippen molar-refractivity contribution in [2.45, 2.75) is 45.1 Å². The Morgan fingerprint density at radius 1 is 1.40 bits per heavy atom. The fourth-order valence-electron chi connectivity index (χ4n) is 2.84. The maximum atomic E-state index is 6.07. The summed E-state index contributed by atoms with van der Waals surface area (Å²) < 4.78 is 0. The van der Waals surface area contributed by atoms with Gasteiger partial charge in [-0.3, -0.25) is 0 Å². The van der Waals surface area contributed by atoms with Crippen molar-refractivity contribution in [1.29, 1.82) is 0 Å². The van der Waals surface area contributed by atoms with Gasteiger partial charge in [0.15, 0.2) is 0 Å². The first-order chi connectivity index (χ1) is 7.29. The van der Waals surface area contributed by atoms with Crippen molar-refractivity contribution >= 4 is 11.3 Å². The summed E-state index contributed by atoms with van der Waals surface area (Å²) in [5.41, 5.74) is 6.07. The smallest absolute Gasteiger partial charge is 0.00480 e. The molecule has 1 nitrogen and oxygen atoms in total. The van der Waals surface area contributed by atoms with Crippen molar-refractivity contribution < 1.29 is 0 Å². The van der Waals surface area contributed by atoms with E-state index in [2.05, 4.69) is 24.4 Å². The third-order valence-corrected chi connectivity index (χ3v) is 4.65. The Kier molecular flexibility index (Phi) is 3.81. The van der Waals surface area contributed by atoms with Crippen LogP contribution in [0.1, 0.15) is 37.5 Å². The van der Waals surface area contributed by atoms with Gasteiger partial charge >= 0.3 is 0 Å². The highest BCUT2D eigenvalue weighted by molar-refractivity contribution is 7.09. The molecule has 0 aliphatic heterocycles. The van der Waals surface area contributed by atoms with Gasteiger partial charge in [0.05, 0.1) is 0 Å². The van der Waals surface area contributed by atoms with Gasteiger partial charge in [0.1, 0.15) is 0 Å². The Labute approximate surface area is 96.7 Å². The Morgan fingerprint density at radius 2 is 2.27 bits per heavy atom. The molecule has 84 valence electrons. The quantitative estimate of drug-likeness (QED) is 0.834. The standard InChI is InChI=1S/C13H21NS/c1-2-10-5-6-12(14)8-11(10)9-13-4-3-7-15-13/h3-4,7,10-12H,2,5-6,8-9,14H2,1H3. The van der Waals surface area contributed by atoms with E-state index in [1.165, 1.54) is 37.0 Å². The topological polar surface area (TPSA) is 26.0 Å². The van der Waals surface area contributed by atoms with Gasteiger partial charge < -0.3 is 5.73 Å². The van der Waals surface area contributed by atoms with Gasteiger partial charge in [0.25, 0.3) is 0 Å². The van der Waals surface area contributed by atoms with E-state index in [0.29, 0.717) is 6.04 Å². The van der Waals surface area contributed by atoms with Crippen molar-refractivity contribution in [3.63, 3.8) is 0 Å². The number of rotatable bonds is 3. The molecule has 0 saturated heterocycles. The summed E-state index contributed by atoms with van der Waals surface area (Å²) in [5.74, 6) is 1.74. The lowest BCUT2D eigenvalue weighted by Gasteiger charge is -2.34. The summed E-state index contributed by atoms with van der Waals surface area (Å²) >= 11 is 1.89. The zero-order valence-electron chi connectivity index (χ0n) is 9.49. The second-order valence-corrected chi connectivity index (χ2v) is 5.82. The largest absolute Gasteiger partial charge is 0.328 e. The van der Waals surface area contributed by atoms with Gasteiger partial charge in [-0.05, 0) is 49.0 Å². The minimum atomic E-state index is 0.456. The monoisotopic (exact) mass is 223 g/mol. The molecule has 3 unspecified atom stereocenters. The van der Waals surface area contributed by atoms with E-state index in [9.17, 15) is 0 Å². The number of nitrogens with two attached hydrogens (primary N) is 1. The zero-order valence-corrected chi connectivity index (χ0v) is 10.3. The fraction of sp³-hybridized carbons (Fsp3) is 0.692. The Hall–Kier alpha value is -0.340. The van der Waals surface area contributed by atoms with Gasteiger partial charge in [0, 0.05) is 10.9 Å². The molecule has 15 heavy (non-hydrogen) atoms. The van der Waals surface area contributed by atoms with E-state index >= 15 is 0 Å². The van der Waals surface area contributed by atoms with E-state index in [0.717, 1.165) is 11.8 Å². The average Bonchev–Trinajstić information content (AvgIpc) is 2.71. The molecule has 2 N–H and O–H groups in total. The number of hydrogen-bond acceptors (Lipinski definition) is 2. The van der Waals surface area contributed by atoms with Gasteiger partial charge in [-0.2, -0.15) is 0 Å². The predicted octanol–water partition coefficient (Wildman–Crippen LogP) is 3.44. The molecule has 1 heterocycles. The van der Waals surface area contributed by atoms with Crippen LogP contribution in [0.25, 0.3) is 0 Å². The molecule has 0 radical (unpaired) electrons. The lowest BCUT2D eigenvalue weighted by atomic mass is 9.74. The van der Waals surface area contributed by atoms with Crippen LogP contribution in [-0.2, 0) is 6.42 Å². The summed E-state index contributed by atoms with van der Waals surface area (Å²) in [4.78, 5) is 1.53. The van der Waals surface area contributed by atoms with E-state index in [-0.39, 0.29) is 0 Å². The normalized spacial score (nSPS) is 31.7. The molecule has 0 spiro atoms. The lowest BCUT2D eigenvalue weighted by molar-refractivity contribution is 0.210. The number of thiophene rings is 1. The van der Waals surface area contributed by atoms with E-state index < -0.39 is 0 Å². The van der Waals surface area contributed by atoms with Crippen LogP contribution in [0.15, 0.2) is 17.5 Å². The lowest BCUT2D eigenvalue weighted by Crippen LogP contribution is -2.34. The first-order valence-electron chi connectivity index (χ1n) is 6.07. The summed E-state index contributed by atoms with van der Waals surface area (Å²) in [5, 5.41) is 2.18. The van der Waals surface area contributed by atoms with Gasteiger partial charge in [-0.1, -0.05) is 19.4 Å². The molecule has 2 rings (SSSR count). The molecular weight excluding hydrogens is 202 g/mol. The second kappa shape index (κ2) is 5.13. The molecule has 1 fully saturated rings. The van der Waals surface area contributed by atoms with Crippen LogP contribution in [0, 0.1) is 11.8 Å². The fourth-order valence-corrected chi connectivity index (χ4v) is 3.64. The van der Waals surface area contributed by atoms with Crippen LogP contribution in [0.5, 0.6) is 0 Å². The first kappa shape index (κ1) is 11.2. The molecule has 1 aliphatic carbocycles. The molecule has 1 aliphatic rings. The molecular formula is C13H21NS. The Bertz CT molecular complexity index is 281. The SMILES string of the molecule is CCC1CCC(N)CC1Cc1cccs1. The van der Waals surface area contributed by atoms with Crippen LogP contribution in [0.4, 0.5) is 0 Å². The molecule has 1 aromatic heterocycles. The van der Waals surface area contributed by atoms with Crippen molar-refractivity contribution in [2.75, 3.05) is 0 Å². The summed E-state index contributed by atoms with van der Waals surface area (Å²) in [6.45, 7) is 2.32. The van der Waals surface area contributed by atoms with Crippen molar-refractivity contribution in [1.82, 2.24) is 0 Å². The zero-order chi connectivity index (χ0) is 10.7. The Balaban J connectivity index is 1.98. The molecule has 1 aromatic rings. The minimum Gasteiger partial charge on any atom is -0.328 e. The molecule has 0 amide bonds. The third kappa shape index (κ3) is 2.82. The van der Waals surface area contributed by atoms with Crippen molar-refractivity contribution in [2.24, 2.45) is 17.6 Å². The van der Waals surface area contributed by atoms with Gasteiger partial charge in [-0.15, -0.1) is 11.3 Å². The van der Waals surface area contributed by atoms with Gasteiger partial charge in [0.2, 0.25) is 0 Å². The van der Waals surface area contributed by atoms with Crippen LogP contribution in [0.3, 0.4) is 0 Å². The maximum absolute atomic E-state index is 6.07. The highest BCUT2D eigenvalue weighted by atomic mass is 32.1. The van der Waals surface area contributed by atoms with Crippen molar-refractivity contribution in [3.05, 3.63) is 22.4 Å². The molecule has 1 saturated carbocycles. The number of hydrogen-bond donors (Lipinski definition) is 1. The first-order valence-corrected chi connectivity index (χ1v) is 6.95. The van der Waals surface area contributed by atoms with Crippen LogP contribution < -0.4 is 5.73 Å². The van der Waals surface area contributed by atoms with Crippen molar-refractivity contribution in [3.8, 4) is 0 Å². The van der Waals surface area contributed by atoms with Crippen LogP contribution in [0.2, 0.25) is 0 Å². The molecule has 3 atom stereocenters. The predicted molar refractivity (Wildman–Crippen MR) is 67.1 cm³/mol. The molecule has 2 heteroatoms. The van der Waals surface area contributed by atoms with E-state index in [1.807, 2.05) is 11.3 Å². The van der Waals surface area contributed by atoms with Crippen LogP contribution in [-0.4, -0.2) is 6.04 Å². The summed E-state index contributed by atoms with van der Waals surface area (Å²) in [7, 11) is 0. The molecule has 0 aromatic carbocycles. The third-order valence-electron chi connectivity index (χ3n) is 3.75. The van der Waals surface area contributed by atoms with Gasteiger partial charge in [-0.25, -0.2) is 0 Å². The second-order valence-electron chi connectivity index (χ2n) is 4.79. The van der Waals surface area contributed by atoms with Crippen LogP contribution >= 0.6 is 11.3 Å². The van der Waals surface area contributed by atoms with E-state index in [1.54, 1.807) is 0 Å². The minimum absolute atomic E-state index is 0.456. The highest BCUT2D eigenvalue weighted by Gasteiger charge is 2.27. The summed E-state index contributed by atoms with van der Waals surface area (Å²) in [6.07, 6.45) is 6.39. The molecule has 0 bridgehead atoms. The Morgan fingerprint density at radius 3 is 2.93 bits per heavy atom. The van der Waals surface area contributed by atoms with E-state index in [4.69, 9.17) is 5.73 Å². The highest BCUT2D eigenvalue weighted by Crippen LogP contribution is 2.34. The summed E-state index contributed by atoms with van der Waals surface area (Å²) in [6, 6.07) is 4.87. The maximum Gasteiger partial charge on any atom is 0.00480 e. The average molecular weight is 223 g/mol.